The maximum Gasteiger partial charge on any atom is 0.490 e. The van der Waals surface area contributed by atoms with Gasteiger partial charge >= 0.3 is 12.1 Å². The number of nitrogens with zero attached hydrogens (tertiary/aromatic N) is 1. The van der Waals surface area contributed by atoms with E-state index in [2.05, 4.69) is 4.90 Å². The molecule has 2 rings (SSSR count). The van der Waals surface area contributed by atoms with E-state index in [4.69, 9.17) is 25.1 Å². The minimum absolute atomic E-state index is 0.422. The Bertz CT molecular complexity index is 842. The molecule has 0 aliphatic carbocycles. The molecule has 0 saturated heterocycles. The molecule has 0 spiro atoms. The van der Waals surface area contributed by atoms with Crippen LogP contribution in [0, 0.1) is 0 Å². The van der Waals surface area contributed by atoms with Gasteiger partial charge in [-0.1, -0.05) is 24.3 Å². The number of carboxylic acid groups (broad SMARTS) is 1. The molecule has 0 bridgehead atoms. The molecule has 2 aromatic rings. The van der Waals surface area contributed by atoms with Gasteiger partial charge in [-0.25, -0.2) is 4.79 Å². The lowest BCUT2D eigenvalue weighted by Crippen LogP contribution is -2.27. The lowest BCUT2D eigenvalue weighted by molar-refractivity contribution is -0.192. The number of aliphatic carboxylic acids is 1. The zero-order valence-corrected chi connectivity index (χ0v) is 17.2. The van der Waals surface area contributed by atoms with E-state index in [-0.39, 0.29) is 0 Å². The van der Waals surface area contributed by atoms with Gasteiger partial charge in [-0.3, -0.25) is 4.79 Å². The number of halogens is 3. The minimum Gasteiger partial charge on any atom is -0.492 e. The van der Waals surface area contributed by atoms with Gasteiger partial charge in [0.25, 0.3) is 0 Å². The van der Waals surface area contributed by atoms with Gasteiger partial charge in [0.05, 0.1) is 6.61 Å². The summed E-state index contributed by atoms with van der Waals surface area (Å²) in [7, 11) is 3.74. The van der Waals surface area contributed by atoms with Gasteiger partial charge < -0.3 is 25.2 Å². The van der Waals surface area contributed by atoms with Crippen LogP contribution in [0.2, 0.25) is 0 Å². The predicted molar refractivity (Wildman–Crippen MR) is 109 cm³/mol. The molecule has 170 valence electrons. The van der Waals surface area contributed by atoms with E-state index in [9.17, 15) is 18.0 Å². The molecule has 0 aromatic heterocycles. The number of carboxylic acids is 1. The first kappa shape index (κ1) is 25.9. The van der Waals surface area contributed by atoms with Crippen molar-refractivity contribution in [2.45, 2.75) is 6.18 Å². The van der Waals surface area contributed by atoms with E-state index in [0.717, 1.165) is 36.6 Å². The van der Waals surface area contributed by atoms with Gasteiger partial charge in [0, 0.05) is 25.8 Å². The Kier molecular flexibility index (Phi) is 10.5. The van der Waals surface area contributed by atoms with Crippen LogP contribution >= 0.6 is 0 Å². The van der Waals surface area contributed by atoms with Crippen LogP contribution in [-0.2, 0) is 9.53 Å². The number of hydrogen-bond donors (Lipinski definition) is 2. The second-order valence-electron chi connectivity index (χ2n) is 6.42. The number of alkyl halides is 3. The molecule has 1 amide bonds. The molecular weight excluding hydrogens is 417 g/mol. The first-order chi connectivity index (χ1) is 14.5. The molecule has 0 aliphatic rings. The SMILES string of the molecule is COCCN(C)CCOc1ccc(-c2cccc(C(N)=O)c2)cc1.O=C(O)C(F)(F)F. The minimum atomic E-state index is -5.08. The van der Waals surface area contributed by atoms with Crippen molar-refractivity contribution in [1.82, 2.24) is 4.90 Å². The predicted octanol–water partition coefficient (Wildman–Crippen LogP) is 3.04. The molecule has 7 nitrogen and oxygen atoms in total. The molecule has 0 heterocycles. The summed E-state index contributed by atoms with van der Waals surface area (Å²) in [6.07, 6.45) is -5.08. The number of rotatable bonds is 9. The number of hydrogen-bond acceptors (Lipinski definition) is 5. The van der Waals surface area contributed by atoms with Crippen molar-refractivity contribution >= 4 is 11.9 Å². The van der Waals surface area contributed by atoms with Gasteiger partial charge in [-0.05, 0) is 42.4 Å². The monoisotopic (exact) mass is 442 g/mol. The molecule has 31 heavy (non-hydrogen) atoms. The normalized spacial score (nSPS) is 10.9. The third kappa shape index (κ3) is 9.96. The van der Waals surface area contributed by atoms with Gasteiger partial charge in [0.1, 0.15) is 12.4 Å². The second-order valence-corrected chi connectivity index (χ2v) is 6.42. The van der Waals surface area contributed by atoms with Crippen LogP contribution in [0.25, 0.3) is 11.1 Å². The summed E-state index contributed by atoms with van der Waals surface area (Å²) in [5.74, 6) is -2.35. The summed E-state index contributed by atoms with van der Waals surface area (Å²) in [6, 6.07) is 15.1. The fourth-order valence-corrected chi connectivity index (χ4v) is 2.27. The summed E-state index contributed by atoms with van der Waals surface area (Å²) in [4.78, 5) is 22.3. The Hall–Kier alpha value is -3.11. The van der Waals surface area contributed by atoms with Crippen LogP contribution in [0.3, 0.4) is 0 Å². The van der Waals surface area contributed by atoms with Crippen molar-refractivity contribution in [2.75, 3.05) is 40.5 Å². The maximum atomic E-state index is 11.3. The number of carbonyl (C=O) groups excluding carboxylic acids is 1. The van der Waals surface area contributed by atoms with Gasteiger partial charge in [0.15, 0.2) is 0 Å². The Balaban J connectivity index is 0.000000592. The Morgan fingerprint density at radius 2 is 1.61 bits per heavy atom. The van der Waals surface area contributed by atoms with Crippen molar-refractivity contribution in [3.05, 3.63) is 54.1 Å². The molecule has 2 aromatic carbocycles. The largest absolute Gasteiger partial charge is 0.492 e. The quantitative estimate of drug-likeness (QED) is 0.619. The average Bonchev–Trinajstić information content (AvgIpc) is 2.72. The summed E-state index contributed by atoms with van der Waals surface area (Å²) >= 11 is 0. The molecule has 0 unspecified atom stereocenters. The summed E-state index contributed by atoms with van der Waals surface area (Å²) < 4.78 is 42.5. The van der Waals surface area contributed by atoms with Crippen LogP contribution in [0.4, 0.5) is 13.2 Å². The van der Waals surface area contributed by atoms with Crippen molar-refractivity contribution < 1.29 is 37.3 Å². The number of primary amides is 1. The number of likely N-dealkylation sites (N-methyl/N-ethyl adjacent to an activating group) is 1. The van der Waals surface area contributed by atoms with Crippen molar-refractivity contribution in [1.29, 1.82) is 0 Å². The Labute approximate surface area is 178 Å². The fraction of sp³-hybridized carbons (Fsp3) is 0.333. The van der Waals surface area contributed by atoms with E-state index in [0.29, 0.717) is 12.2 Å². The highest BCUT2D eigenvalue weighted by atomic mass is 19.4. The fourth-order valence-electron chi connectivity index (χ4n) is 2.27. The second kappa shape index (κ2) is 12.6. The van der Waals surface area contributed by atoms with Crippen molar-refractivity contribution in [3.8, 4) is 16.9 Å². The average molecular weight is 442 g/mol. The highest BCUT2D eigenvalue weighted by Crippen LogP contribution is 2.23. The van der Waals surface area contributed by atoms with Crippen LogP contribution in [0.15, 0.2) is 48.5 Å². The third-order valence-electron chi connectivity index (χ3n) is 4.00. The van der Waals surface area contributed by atoms with Crippen LogP contribution in [0.1, 0.15) is 10.4 Å². The smallest absolute Gasteiger partial charge is 0.490 e. The van der Waals surface area contributed by atoms with Crippen molar-refractivity contribution in [2.24, 2.45) is 5.73 Å². The summed E-state index contributed by atoms with van der Waals surface area (Å²) in [5.41, 5.74) is 7.80. The topological polar surface area (TPSA) is 102 Å². The standard InChI is InChI=1S/C19H24N2O3.C2HF3O2/c1-21(10-12-23-2)11-13-24-18-8-6-15(7-9-18)16-4-3-5-17(14-16)19(20)22;3-2(4,5)1(6)7/h3-9,14H,10-13H2,1-2H3,(H2,20,22);(H,6,7). The lowest BCUT2D eigenvalue weighted by Gasteiger charge is -2.16. The van der Waals surface area contributed by atoms with Crippen LogP contribution < -0.4 is 10.5 Å². The lowest BCUT2D eigenvalue weighted by atomic mass is 10.0. The number of methoxy groups -OCH3 is 1. The van der Waals surface area contributed by atoms with Gasteiger partial charge in [-0.15, -0.1) is 0 Å². The number of nitrogens with two attached hydrogens (primary N) is 1. The molecule has 3 N–H and O–H groups in total. The summed E-state index contributed by atoms with van der Waals surface area (Å²) in [6.45, 7) is 3.06. The number of amides is 1. The molecule has 0 fully saturated rings. The first-order valence-corrected chi connectivity index (χ1v) is 9.15. The van der Waals surface area contributed by atoms with E-state index >= 15 is 0 Å². The molecule has 0 atom stereocenters. The van der Waals surface area contributed by atoms with Gasteiger partial charge in [0.2, 0.25) is 5.91 Å². The zero-order valence-electron chi connectivity index (χ0n) is 17.2. The number of benzene rings is 2. The maximum absolute atomic E-state index is 11.3. The van der Waals surface area contributed by atoms with Crippen LogP contribution in [-0.4, -0.2) is 68.5 Å². The van der Waals surface area contributed by atoms with E-state index in [1.165, 1.54) is 0 Å². The molecule has 0 aliphatic heterocycles. The molecular formula is C21H25F3N2O5. The molecule has 0 saturated carbocycles. The highest BCUT2D eigenvalue weighted by molar-refractivity contribution is 5.94. The number of ether oxygens (including phenoxy) is 2. The third-order valence-corrected chi connectivity index (χ3v) is 4.00. The van der Waals surface area contributed by atoms with Gasteiger partial charge in [-0.2, -0.15) is 13.2 Å². The van der Waals surface area contributed by atoms with Crippen molar-refractivity contribution in [3.63, 3.8) is 0 Å². The van der Waals surface area contributed by atoms with E-state index < -0.39 is 18.1 Å². The number of carbonyl (C=O) groups is 2. The molecule has 10 heteroatoms. The first-order valence-electron chi connectivity index (χ1n) is 9.15. The Morgan fingerprint density at radius 1 is 1.03 bits per heavy atom. The van der Waals surface area contributed by atoms with E-state index in [1.807, 2.05) is 43.4 Å². The molecule has 0 radical (unpaired) electrons. The summed E-state index contributed by atoms with van der Waals surface area (Å²) in [5, 5.41) is 7.12. The Morgan fingerprint density at radius 3 is 2.13 bits per heavy atom. The zero-order chi connectivity index (χ0) is 23.4. The highest BCUT2D eigenvalue weighted by Gasteiger charge is 2.38. The van der Waals surface area contributed by atoms with Crippen LogP contribution in [0.5, 0.6) is 5.75 Å². The van der Waals surface area contributed by atoms with E-state index in [1.54, 1.807) is 19.2 Å².